The number of hydrogen-bond acceptors (Lipinski definition) is 6. The molecule has 6 heteroatoms. The van der Waals surface area contributed by atoms with Gasteiger partial charge in [-0.05, 0) is 25.7 Å². The number of anilines is 1. The lowest BCUT2D eigenvalue weighted by Gasteiger charge is -2.21. The number of hydrazine groups is 1. The summed E-state index contributed by atoms with van der Waals surface area (Å²) in [5.74, 6) is 6.78. The molecule has 94 valence electrons. The molecule has 1 fully saturated rings. The molecule has 3 N–H and O–H groups in total. The first-order valence-corrected chi connectivity index (χ1v) is 5.81. The monoisotopic (exact) mass is 238 g/mol. The molecule has 0 amide bonds. The van der Waals surface area contributed by atoms with Crippen LogP contribution in [0.4, 0.5) is 5.95 Å². The average Bonchev–Trinajstić information content (AvgIpc) is 2.37. The first kappa shape index (κ1) is 12.1. The van der Waals surface area contributed by atoms with E-state index in [1.165, 1.54) is 0 Å². The van der Waals surface area contributed by atoms with Gasteiger partial charge in [0.25, 0.3) is 0 Å². The van der Waals surface area contributed by atoms with E-state index >= 15 is 0 Å². The van der Waals surface area contributed by atoms with Gasteiger partial charge in [-0.15, -0.1) is 0 Å². The molecule has 1 aromatic heterocycles. The third kappa shape index (κ3) is 3.54. The SMILES string of the molecule is Cc1cc(OCC2CCOCC2)nc(NN)n1. The van der Waals surface area contributed by atoms with E-state index in [1.807, 2.05) is 6.92 Å². The van der Waals surface area contributed by atoms with E-state index in [0.29, 0.717) is 24.4 Å². The Morgan fingerprint density at radius 3 is 2.94 bits per heavy atom. The molecule has 0 radical (unpaired) electrons. The number of nitrogens with two attached hydrogens (primary N) is 1. The van der Waals surface area contributed by atoms with Crippen molar-refractivity contribution in [2.24, 2.45) is 11.8 Å². The predicted octanol–water partition coefficient (Wildman–Crippen LogP) is 0.876. The maximum absolute atomic E-state index is 5.67. The Labute approximate surface area is 101 Å². The van der Waals surface area contributed by atoms with Crippen molar-refractivity contribution in [3.05, 3.63) is 11.8 Å². The van der Waals surface area contributed by atoms with Gasteiger partial charge >= 0.3 is 0 Å². The van der Waals surface area contributed by atoms with Crippen molar-refractivity contribution in [2.75, 3.05) is 25.2 Å². The molecule has 2 heterocycles. The van der Waals surface area contributed by atoms with Gasteiger partial charge in [0, 0.05) is 25.0 Å². The molecule has 2 rings (SSSR count). The van der Waals surface area contributed by atoms with Crippen molar-refractivity contribution in [1.82, 2.24) is 9.97 Å². The van der Waals surface area contributed by atoms with Crippen molar-refractivity contribution in [1.29, 1.82) is 0 Å². The van der Waals surface area contributed by atoms with Gasteiger partial charge in [-0.25, -0.2) is 10.8 Å². The van der Waals surface area contributed by atoms with Crippen LogP contribution >= 0.6 is 0 Å². The Balaban J connectivity index is 1.91. The third-order valence-electron chi connectivity index (χ3n) is 2.77. The molecular weight excluding hydrogens is 220 g/mol. The molecule has 6 nitrogen and oxygen atoms in total. The molecule has 1 aromatic rings. The molecule has 0 unspecified atom stereocenters. The Kier molecular flexibility index (Phi) is 4.11. The van der Waals surface area contributed by atoms with E-state index < -0.39 is 0 Å². The van der Waals surface area contributed by atoms with Gasteiger partial charge in [0.15, 0.2) is 0 Å². The van der Waals surface area contributed by atoms with Crippen LogP contribution in [0.5, 0.6) is 5.88 Å². The Morgan fingerprint density at radius 1 is 1.47 bits per heavy atom. The average molecular weight is 238 g/mol. The highest BCUT2D eigenvalue weighted by atomic mass is 16.5. The summed E-state index contributed by atoms with van der Waals surface area (Å²) in [6.07, 6.45) is 2.10. The van der Waals surface area contributed by atoms with E-state index in [1.54, 1.807) is 6.07 Å². The normalized spacial score (nSPS) is 16.8. The number of nitrogens with zero attached hydrogens (tertiary/aromatic N) is 2. The standard InChI is InChI=1S/C11H18N4O2/c1-8-6-10(14-11(13-8)15-12)17-7-9-2-4-16-5-3-9/h6,9H,2-5,7,12H2,1H3,(H,13,14,15). The number of aryl methyl sites for hydroxylation is 1. The van der Waals surface area contributed by atoms with Crippen LogP contribution in [0, 0.1) is 12.8 Å². The van der Waals surface area contributed by atoms with Crippen molar-refractivity contribution in [3.8, 4) is 5.88 Å². The lowest BCUT2D eigenvalue weighted by Crippen LogP contribution is -2.22. The van der Waals surface area contributed by atoms with Gasteiger partial charge in [-0.1, -0.05) is 0 Å². The fourth-order valence-electron chi connectivity index (χ4n) is 1.79. The molecule has 0 bridgehead atoms. The van der Waals surface area contributed by atoms with Crippen LogP contribution in [0.15, 0.2) is 6.07 Å². The zero-order valence-corrected chi connectivity index (χ0v) is 9.98. The number of hydrogen-bond donors (Lipinski definition) is 2. The maximum Gasteiger partial charge on any atom is 0.240 e. The molecule has 0 saturated carbocycles. The van der Waals surface area contributed by atoms with E-state index in [4.69, 9.17) is 15.3 Å². The lowest BCUT2D eigenvalue weighted by atomic mass is 10.0. The van der Waals surface area contributed by atoms with Gasteiger partial charge in [0.1, 0.15) is 0 Å². The maximum atomic E-state index is 5.67. The van der Waals surface area contributed by atoms with Crippen molar-refractivity contribution in [3.63, 3.8) is 0 Å². The minimum Gasteiger partial charge on any atom is -0.477 e. The largest absolute Gasteiger partial charge is 0.477 e. The second-order valence-corrected chi connectivity index (χ2v) is 4.18. The Morgan fingerprint density at radius 2 is 2.24 bits per heavy atom. The van der Waals surface area contributed by atoms with Crippen molar-refractivity contribution >= 4 is 5.95 Å². The third-order valence-corrected chi connectivity index (χ3v) is 2.77. The van der Waals surface area contributed by atoms with Gasteiger partial charge in [0.2, 0.25) is 11.8 Å². The molecule has 1 saturated heterocycles. The molecular formula is C11H18N4O2. The lowest BCUT2D eigenvalue weighted by molar-refractivity contribution is 0.0490. The first-order valence-electron chi connectivity index (χ1n) is 5.81. The van der Waals surface area contributed by atoms with Gasteiger partial charge in [0.05, 0.1) is 6.61 Å². The molecule has 0 aliphatic carbocycles. The zero-order chi connectivity index (χ0) is 12.1. The van der Waals surface area contributed by atoms with Crippen LogP contribution in [0.2, 0.25) is 0 Å². The van der Waals surface area contributed by atoms with Crippen LogP contribution in [0.25, 0.3) is 0 Å². The summed E-state index contributed by atoms with van der Waals surface area (Å²) in [6.45, 7) is 4.20. The van der Waals surface area contributed by atoms with Gasteiger partial charge in [-0.3, -0.25) is 5.43 Å². The van der Waals surface area contributed by atoms with Gasteiger partial charge in [-0.2, -0.15) is 4.98 Å². The van der Waals surface area contributed by atoms with E-state index in [0.717, 1.165) is 31.7 Å². The number of rotatable bonds is 4. The minimum absolute atomic E-state index is 0.381. The highest BCUT2D eigenvalue weighted by Crippen LogP contribution is 2.17. The first-order chi connectivity index (χ1) is 8.28. The fourth-order valence-corrected chi connectivity index (χ4v) is 1.79. The highest BCUT2D eigenvalue weighted by Gasteiger charge is 2.14. The fraction of sp³-hybridized carbons (Fsp3) is 0.636. The second kappa shape index (κ2) is 5.79. The number of nitrogens with one attached hydrogen (secondary N) is 1. The Hall–Kier alpha value is -1.40. The molecule has 1 aliphatic rings. The van der Waals surface area contributed by atoms with Crippen LogP contribution < -0.4 is 16.0 Å². The summed E-state index contributed by atoms with van der Waals surface area (Å²) < 4.78 is 11.0. The van der Waals surface area contributed by atoms with E-state index in [9.17, 15) is 0 Å². The predicted molar refractivity (Wildman–Crippen MR) is 63.6 cm³/mol. The summed E-state index contributed by atoms with van der Waals surface area (Å²) in [5, 5.41) is 0. The van der Waals surface area contributed by atoms with Crippen molar-refractivity contribution < 1.29 is 9.47 Å². The van der Waals surface area contributed by atoms with Crippen LogP contribution in [-0.4, -0.2) is 29.8 Å². The molecule has 0 aromatic carbocycles. The van der Waals surface area contributed by atoms with E-state index in [-0.39, 0.29) is 0 Å². The van der Waals surface area contributed by atoms with Crippen molar-refractivity contribution in [2.45, 2.75) is 19.8 Å². The summed E-state index contributed by atoms with van der Waals surface area (Å²) in [5.41, 5.74) is 3.25. The molecule has 0 atom stereocenters. The minimum atomic E-state index is 0.381. The van der Waals surface area contributed by atoms with Crippen LogP contribution in [-0.2, 0) is 4.74 Å². The summed E-state index contributed by atoms with van der Waals surface area (Å²) in [7, 11) is 0. The van der Waals surface area contributed by atoms with E-state index in [2.05, 4.69) is 15.4 Å². The van der Waals surface area contributed by atoms with Crippen LogP contribution in [0.3, 0.4) is 0 Å². The molecule has 1 aliphatic heterocycles. The second-order valence-electron chi connectivity index (χ2n) is 4.18. The zero-order valence-electron chi connectivity index (χ0n) is 9.98. The number of aromatic nitrogens is 2. The summed E-state index contributed by atoms with van der Waals surface area (Å²) in [6, 6.07) is 1.81. The smallest absolute Gasteiger partial charge is 0.240 e. The van der Waals surface area contributed by atoms with Gasteiger partial charge < -0.3 is 9.47 Å². The quantitative estimate of drug-likeness (QED) is 0.598. The number of nitrogen functional groups attached to an aromatic ring is 1. The van der Waals surface area contributed by atoms with Crippen LogP contribution in [0.1, 0.15) is 18.5 Å². The Bertz CT molecular complexity index is 366. The molecule has 17 heavy (non-hydrogen) atoms. The summed E-state index contributed by atoms with van der Waals surface area (Å²) >= 11 is 0. The summed E-state index contributed by atoms with van der Waals surface area (Å²) in [4.78, 5) is 8.24. The number of ether oxygens (including phenoxy) is 2. The topological polar surface area (TPSA) is 82.3 Å². The molecule has 0 spiro atoms. The highest BCUT2D eigenvalue weighted by molar-refractivity contribution is 5.28.